The third kappa shape index (κ3) is 3.91. The van der Waals surface area contributed by atoms with Gasteiger partial charge in [-0.25, -0.2) is 9.67 Å². The predicted molar refractivity (Wildman–Crippen MR) is 138 cm³/mol. The monoisotopic (exact) mass is 479 g/mol. The highest BCUT2D eigenvalue weighted by Crippen LogP contribution is 2.34. The van der Waals surface area contributed by atoms with Crippen molar-refractivity contribution in [1.82, 2.24) is 19.3 Å². The van der Waals surface area contributed by atoms with Crippen LogP contribution in [0, 0.1) is 0 Å². The number of carbonyl (C=O) groups excluding carboxylic acids is 1. The second-order valence-electron chi connectivity index (χ2n) is 8.33. The van der Waals surface area contributed by atoms with Crippen LogP contribution >= 0.6 is 11.8 Å². The second kappa shape index (κ2) is 8.88. The van der Waals surface area contributed by atoms with Gasteiger partial charge in [-0.05, 0) is 23.8 Å². The number of rotatable bonds is 5. The Labute approximate surface area is 205 Å². The first-order valence-electron chi connectivity index (χ1n) is 11.3. The molecule has 0 aliphatic carbocycles. The maximum Gasteiger partial charge on any atom is 0.265 e. The van der Waals surface area contributed by atoms with Crippen molar-refractivity contribution in [3.63, 3.8) is 0 Å². The summed E-state index contributed by atoms with van der Waals surface area (Å²) in [6.45, 7) is 0. The molecule has 0 saturated heterocycles. The number of nitrogens with zero attached hydrogens (tertiary/aromatic N) is 4. The summed E-state index contributed by atoms with van der Waals surface area (Å²) < 4.78 is 3.32. The number of hydrogen-bond donors (Lipinski definition) is 1. The van der Waals surface area contributed by atoms with Crippen LogP contribution in [0.1, 0.15) is 12.5 Å². The SMILES string of the molecule is O=C(CC1CSc2nc3c(cnn3-c3ccccc3)c(=O)n21)Nc1ccccc1-c1ccccc1. The number of anilines is 1. The lowest BCUT2D eigenvalue weighted by Crippen LogP contribution is -2.27. The van der Waals surface area contributed by atoms with E-state index in [0.717, 1.165) is 22.5 Å². The first kappa shape index (κ1) is 21.4. The number of fused-ring (bicyclic) bond motifs is 2. The lowest BCUT2D eigenvalue weighted by atomic mass is 10.0. The molecule has 1 aliphatic rings. The molecule has 1 unspecified atom stereocenters. The first-order valence-corrected chi connectivity index (χ1v) is 12.3. The predicted octanol–water partition coefficient (Wildman–Crippen LogP) is 4.92. The van der Waals surface area contributed by atoms with Gasteiger partial charge in [-0.3, -0.25) is 14.2 Å². The summed E-state index contributed by atoms with van der Waals surface area (Å²) in [7, 11) is 0. The number of hydrogen-bond acceptors (Lipinski definition) is 5. The molecular weight excluding hydrogens is 458 g/mol. The van der Waals surface area contributed by atoms with Crippen LogP contribution in [0.15, 0.2) is 101 Å². The summed E-state index contributed by atoms with van der Waals surface area (Å²) in [6, 6.07) is 27.0. The fraction of sp³-hybridized carbons (Fsp3) is 0.111. The fourth-order valence-corrected chi connectivity index (χ4v) is 5.55. The molecule has 0 saturated carbocycles. The second-order valence-corrected chi connectivity index (χ2v) is 9.31. The van der Waals surface area contributed by atoms with E-state index in [1.54, 1.807) is 15.4 Å². The molecule has 35 heavy (non-hydrogen) atoms. The molecule has 0 bridgehead atoms. The number of benzene rings is 3. The van der Waals surface area contributed by atoms with E-state index in [-0.39, 0.29) is 23.9 Å². The zero-order valence-electron chi connectivity index (χ0n) is 18.7. The van der Waals surface area contributed by atoms with E-state index in [1.165, 1.54) is 11.8 Å². The topological polar surface area (TPSA) is 81.8 Å². The van der Waals surface area contributed by atoms with Gasteiger partial charge in [-0.1, -0.05) is 78.5 Å². The average molecular weight is 480 g/mol. The molecule has 0 fully saturated rings. The van der Waals surface area contributed by atoms with Gasteiger partial charge in [-0.2, -0.15) is 5.10 Å². The molecular formula is C27H21N5O2S. The third-order valence-corrected chi connectivity index (χ3v) is 7.18. The molecule has 0 spiro atoms. The molecule has 1 aliphatic heterocycles. The van der Waals surface area contributed by atoms with Gasteiger partial charge in [0, 0.05) is 23.4 Å². The summed E-state index contributed by atoms with van der Waals surface area (Å²) in [5, 5.41) is 8.51. The lowest BCUT2D eigenvalue weighted by Gasteiger charge is -2.15. The van der Waals surface area contributed by atoms with Crippen molar-refractivity contribution in [2.45, 2.75) is 17.6 Å². The van der Waals surface area contributed by atoms with Crippen LogP contribution in [0.4, 0.5) is 5.69 Å². The first-order chi connectivity index (χ1) is 17.2. The number of para-hydroxylation sites is 2. The van der Waals surface area contributed by atoms with Crippen molar-refractivity contribution in [3.8, 4) is 16.8 Å². The van der Waals surface area contributed by atoms with Gasteiger partial charge in [0.05, 0.1) is 17.9 Å². The number of nitrogens with one attached hydrogen (secondary N) is 1. The molecule has 2 aromatic heterocycles. The minimum absolute atomic E-state index is 0.140. The van der Waals surface area contributed by atoms with Crippen LogP contribution in [0.25, 0.3) is 27.8 Å². The van der Waals surface area contributed by atoms with Gasteiger partial charge in [0.1, 0.15) is 5.39 Å². The van der Waals surface area contributed by atoms with Crippen LogP contribution < -0.4 is 10.9 Å². The van der Waals surface area contributed by atoms with Gasteiger partial charge in [0.15, 0.2) is 10.8 Å². The Balaban J connectivity index is 1.27. The summed E-state index contributed by atoms with van der Waals surface area (Å²) in [4.78, 5) is 31.2. The minimum Gasteiger partial charge on any atom is -0.325 e. The van der Waals surface area contributed by atoms with Crippen molar-refractivity contribution in [3.05, 3.63) is 101 Å². The Morgan fingerprint density at radius 1 is 0.971 bits per heavy atom. The number of amides is 1. The summed E-state index contributed by atoms with van der Waals surface area (Å²) >= 11 is 1.49. The molecule has 1 N–H and O–H groups in total. The van der Waals surface area contributed by atoms with Crippen molar-refractivity contribution in [1.29, 1.82) is 0 Å². The summed E-state index contributed by atoms with van der Waals surface area (Å²) in [5.41, 5.74) is 3.94. The van der Waals surface area contributed by atoms with E-state index in [9.17, 15) is 9.59 Å². The fourth-order valence-electron chi connectivity index (χ4n) is 4.42. The molecule has 3 aromatic carbocycles. The minimum atomic E-state index is -0.275. The number of carbonyl (C=O) groups is 1. The molecule has 6 rings (SSSR count). The number of thioether (sulfide) groups is 1. The van der Waals surface area contributed by atoms with Gasteiger partial charge < -0.3 is 5.32 Å². The van der Waals surface area contributed by atoms with Crippen molar-refractivity contribution < 1.29 is 4.79 Å². The molecule has 7 nitrogen and oxygen atoms in total. The Bertz CT molecular complexity index is 1600. The van der Waals surface area contributed by atoms with Crippen molar-refractivity contribution in [2.24, 2.45) is 0 Å². The quantitative estimate of drug-likeness (QED) is 0.362. The largest absolute Gasteiger partial charge is 0.325 e. The highest BCUT2D eigenvalue weighted by atomic mass is 32.2. The van der Waals surface area contributed by atoms with E-state index >= 15 is 0 Å². The molecule has 8 heteroatoms. The van der Waals surface area contributed by atoms with Crippen LogP contribution in [0.3, 0.4) is 0 Å². The van der Waals surface area contributed by atoms with Gasteiger partial charge in [-0.15, -0.1) is 0 Å². The highest BCUT2D eigenvalue weighted by molar-refractivity contribution is 7.99. The van der Waals surface area contributed by atoms with Crippen molar-refractivity contribution in [2.75, 3.05) is 11.1 Å². The van der Waals surface area contributed by atoms with E-state index < -0.39 is 0 Å². The molecule has 1 amide bonds. The van der Waals surface area contributed by atoms with Crippen LogP contribution in [0.2, 0.25) is 0 Å². The Hall–Kier alpha value is -4.17. The van der Waals surface area contributed by atoms with Crippen LogP contribution in [0.5, 0.6) is 0 Å². The Morgan fingerprint density at radius 2 is 1.69 bits per heavy atom. The molecule has 3 heterocycles. The lowest BCUT2D eigenvalue weighted by molar-refractivity contribution is -0.116. The van der Waals surface area contributed by atoms with Gasteiger partial charge in [0.25, 0.3) is 5.56 Å². The zero-order valence-corrected chi connectivity index (χ0v) is 19.5. The summed E-state index contributed by atoms with van der Waals surface area (Å²) in [6.07, 6.45) is 1.74. The molecule has 172 valence electrons. The third-order valence-electron chi connectivity index (χ3n) is 6.08. The highest BCUT2D eigenvalue weighted by Gasteiger charge is 2.29. The maximum absolute atomic E-state index is 13.4. The van der Waals surface area contributed by atoms with Crippen LogP contribution in [-0.2, 0) is 4.79 Å². The van der Waals surface area contributed by atoms with Gasteiger partial charge >= 0.3 is 0 Å². The smallest absolute Gasteiger partial charge is 0.265 e. The van der Waals surface area contributed by atoms with Crippen molar-refractivity contribution >= 4 is 34.4 Å². The van der Waals surface area contributed by atoms with Gasteiger partial charge in [0.2, 0.25) is 5.91 Å². The van der Waals surface area contributed by atoms with E-state index in [0.29, 0.717) is 21.9 Å². The molecule has 5 aromatic rings. The Morgan fingerprint density at radius 3 is 2.49 bits per heavy atom. The molecule has 1 atom stereocenters. The van der Waals surface area contributed by atoms with E-state index in [4.69, 9.17) is 4.98 Å². The van der Waals surface area contributed by atoms with E-state index in [1.807, 2.05) is 84.9 Å². The average Bonchev–Trinajstić information content (AvgIpc) is 3.50. The van der Waals surface area contributed by atoms with Crippen LogP contribution in [-0.4, -0.2) is 31.0 Å². The zero-order chi connectivity index (χ0) is 23.8. The maximum atomic E-state index is 13.4. The Kier molecular flexibility index (Phi) is 5.42. The normalized spacial score (nSPS) is 14.7. The molecule has 0 radical (unpaired) electrons. The summed E-state index contributed by atoms with van der Waals surface area (Å²) in [5.74, 6) is 0.472. The number of aromatic nitrogens is 4. The standard InChI is InChI=1S/C27H21N5O2S/c33-24(29-23-14-8-7-13-21(23)18-9-3-1-4-10-18)15-20-17-35-27-30-25-22(26(34)31(20)27)16-28-32(25)19-11-5-2-6-12-19/h1-14,16,20H,15,17H2,(H,29,33). The van der Waals surface area contributed by atoms with E-state index in [2.05, 4.69) is 10.4 Å².